The molecule has 3 rings (SSSR count). The monoisotopic (exact) mass is 384 g/mol. The van der Waals surface area contributed by atoms with E-state index in [-0.39, 0.29) is 24.0 Å². The number of ether oxygens (including phenoxy) is 1. The van der Waals surface area contributed by atoms with Gasteiger partial charge in [-0.3, -0.25) is 4.79 Å². The van der Waals surface area contributed by atoms with E-state index in [1.807, 2.05) is 0 Å². The molecule has 1 amide bonds. The van der Waals surface area contributed by atoms with Crippen LogP contribution in [0.15, 0.2) is 29.7 Å². The molecule has 0 aromatic carbocycles. The second kappa shape index (κ2) is 7.87. The summed E-state index contributed by atoms with van der Waals surface area (Å²) in [5, 5.41) is 12.3. The van der Waals surface area contributed by atoms with E-state index >= 15 is 0 Å². The second-order valence-electron chi connectivity index (χ2n) is 6.76. The Labute approximate surface area is 152 Å². The van der Waals surface area contributed by atoms with Gasteiger partial charge in [0.2, 0.25) is 5.91 Å². The van der Waals surface area contributed by atoms with Crippen LogP contribution < -0.4 is 10.0 Å². The number of nitrogens with one attached hydrogen (secondary N) is 2. The number of amides is 1. The quantitative estimate of drug-likeness (QED) is 0.510. The van der Waals surface area contributed by atoms with Crippen LogP contribution in [0.25, 0.3) is 0 Å². The summed E-state index contributed by atoms with van der Waals surface area (Å²) < 4.78 is 34.4. The highest BCUT2D eigenvalue weighted by Gasteiger charge is 2.32. The summed E-state index contributed by atoms with van der Waals surface area (Å²) in [5.74, 6) is 0.480. The summed E-state index contributed by atoms with van der Waals surface area (Å²) in [6, 6.07) is -0.738. The van der Waals surface area contributed by atoms with E-state index in [4.69, 9.17) is 4.74 Å². The zero-order valence-corrected chi connectivity index (χ0v) is 15.4. The van der Waals surface area contributed by atoms with Crippen molar-refractivity contribution in [1.82, 2.24) is 19.6 Å². The Morgan fingerprint density at radius 1 is 1.42 bits per heavy atom. The topological polar surface area (TPSA) is 123 Å². The number of rotatable bonds is 8. The average Bonchev–Trinajstić information content (AvgIpc) is 3.32. The lowest BCUT2D eigenvalue weighted by atomic mass is 10.1. The minimum Gasteiger partial charge on any atom is -0.394 e. The minimum atomic E-state index is -3.84. The Balaban J connectivity index is 1.59. The molecular weight excluding hydrogens is 360 g/mol. The zero-order chi connectivity index (χ0) is 18.7. The van der Waals surface area contributed by atoms with Gasteiger partial charge in [-0.1, -0.05) is 12.2 Å². The van der Waals surface area contributed by atoms with Crippen LogP contribution in [0, 0.1) is 5.92 Å². The molecule has 26 heavy (non-hydrogen) atoms. The van der Waals surface area contributed by atoms with Crippen molar-refractivity contribution in [2.45, 2.75) is 42.5 Å². The summed E-state index contributed by atoms with van der Waals surface area (Å²) >= 11 is 0. The highest BCUT2D eigenvalue weighted by atomic mass is 32.2. The van der Waals surface area contributed by atoms with Crippen molar-refractivity contribution in [3.63, 3.8) is 0 Å². The van der Waals surface area contributed by atoms with Gasteiger partial charge in [0.15, 0.2) is 5.03 Å². The molecule has 2 heterocycles. The molecule has 10 heteroatoms. The maximum atomic E-state index is 12.4. The van der Waals surface area contributed by atoms with Crippen LogP contribution in [0.5, 0.6) is 0 Å². The van der Waals surface area contributed by atoms with Crippen molar-refractivity contribution in [2.24, 2.45) is 13.0 Å². The average molecular weight is 384 g/mol. The molecule has 1 saturated carbocycles. The number of hydrogen-bond acceptors (Lipinski definition) is 6. The molecule has 3 N–H and O–H groups in total. The number of carbonyl (C=O) groups is 1. The number of aliphatic hydroxyl groups excluding tert-OH is 1. The van der Waals surface area contributed by atoms with Gasteiger partial charge < -0.3 is 19.7 Å². The Hall–Kier alpha value is -1.75. The molecule has 1 aromatic heterocycles. The van der Waals surface area contributed by atoms with E-state index in [2.05, 4.69) is 15.0 Å². The molecule has 1 aliphatic heterocycles. The van der Waals surface area contributed by atoms with E-state index in [1.165, 1.54) is 17.1 Å². The first-order valence-corrected chi connectivity index (χ1v) is 10.1. The number of sulfonamides is 1. The third kappa shape index (κ3) is 4.91. The number of nitrogens with zero attached hydrogens (tertiary/aromatic N) is 2. The summed E-state index contributed by atoms with van der Waals surface area (Å²) in [6.07, 6.45) is 7.22. The number of hydrogen-bond donors (Lipinski definition) is 3. The molecule has 0 radical (unpaired) electrons. The van der Waals surface area contributed by atoms with Crippen LogP contribution in [0.4, 0.5) is 0 Å². The SMILES string of the molecule is Cn1cnc(S(=O)(=O)N[C@H]2C=C[C@H](CC(=O)NCC3CC3)O[C@@H]2CO)c1. The highest BCUT2D eigenvalue weighted by Crippen LogP contribution is 2.27. The van der Waals surface area contributed by atoms with Crippen molar-refractivity contribution in [1.29, 1.82) is 0 Å². The number of aromatic nitrogens is 2. The summed E-state index contributed by atoms with van der Waals surface area (Å²) in [6.45, 7) is 0.311. The van der Waals surface area contributed by atoms with Crippen LogP contribution in [0.1, 0.15) is 19.3 Å². The standard InChI is InChI=1S/C16H24N4O5S/c1-20-8-16(18-10-20)26(23,24)19-13-5-4-12(25-14(13)9-21)6-15(22)17-7-11-2-3-11/h4-5,8,10-14,19,21H,2-3,6-7,9H2,1H3,(H,17,22)/t12-,13+,14-/m1/s1. The van der Waals surface area contributed by atoms with Crippen LogP contribution in [0.2, 0.25) is 0 Å². The molecule has 0 spiro atoms. The Morgan fingerprint density at radius 3 is 2.81 bits per heavy atom. The molecular formula is C16H24N4O5S. The van der Waals surface area contributed by atoms with Gasteiger partial charge >= 0.3 is 0 Å². The fourth-order valence-corrected chi connectivity index (χ4v) is 3.91. The van der Waals surface area contributed by atoms with Gasteiger partial charge in [0.1, 0.15) is 6.10 Å². The van der Waals surface area contributed by atoms with Gasteiger partial charge in [0.25, 0.3) is 10.0 Å². The molecule has 0 bridgehead atoms. The van der Waals surface area contributed by atoms with Gasteiger partial charge in [-0.25, -0.2) is 18.1 Å². The van der Waals surface area contributed by atoms with Gasteiger partial charge in [-0.15, -0.1) is 0 Å². The Morgan fingerprint density at radius 2 is 2.19 bits per heavy atom. The largest absolute Gasteiger partial charge is 0.394 e. The van der Waals surface area contributed by atoms with Gasteiger partial charge in [0.05, 0.1) is 31.5 Å². The summed E-state index contributed by atoms with van der Waals surface area (Å²) in [4.78, 5) is 15.8. The van der Waals surface area contributed by atoms with Crippen molar-refractivity contribution in [2.75, 3.05) is 13.2 Å². The van der Waals surface area contributed by atoms with E-state index in [9.17, 15) is 18.3 Å². The lowest BCUT2D eigenvalue weighted by Crippen LogP contribution is -2.49. The Kier molecular flexibility index (Phi) is 5.76. The van der Waals surface area contributed by atoms with Crippen molar-refractivity contribution in [3.05, 3.63) is 24.7 Å². The molecule has 1 aromatic rings. The predicted octanol–water partition coefficient (Wildman–Crippen LogP) is -0.701. The minimum absolute atomic E-state index is 0.105. The number of aliphatic hydroxyl groups is 1. The normalized spacial score (nSPS) is 26.0. The second-order valence-corrected chi connectivity index (χ2v) is 8.42. The molecule has 1 aliphatic carbocycles. The van der Waals surface area contributed by atoms with Crippen LogP contribution in [-0.4, -0.2) is 60.4 Å². The van der Waals surface area contributed by atoms with E-state index < -0.39 is 28.3 Å². The molecule has 0 saturated heterocycles. The lowest BCUT2D eigenvalue weighted by molar-refractivity contribution is -0.125. The summed E-state index contributed by atoms with van der Waals surface area (Å²) in [7, 11) is -2.17. The van der Waals surface area contributed by atoms with Crippen molar-refractivity contribution < 1.29 is 23.1 Å². The number of carbonyl (C=O) groups excluding carboxylic acids is 1. The van der Waals surface area contributed by atoms with Gasteiger partial charge in [-0.2, -0.15) is 0 Å². The first kappa shape index (κ1) is 19.0. The fraction of sp³-hybridized carbons (Fsp3) is 0.625. The van der Waals surface area contributed by atoms with Crippen LogP contribution >= 0.6 is 0 Å². The molecule has 2 aliphatic rings. The predicted molar refractivity (Wildman–Crippen MR) is 92.6 cm³/mol. The number of imidazole rings is 1. The summed E-state index contributed by atoms with van der Waals surface area (Å²) in [5.41, 5.74) is 0. The first-order chi connectivity index (χ1) is 12.4. The van der Waals surface area contributed by atoms with E-state index in [0.29, 0.717) is 12.5 Å². The third-order valence-corrected chi connectivity index (χ3v) is 5.73. The lowest BCUT2D eigenvalue weighted by Gasteiger charge is -2.31. The number of aryl methyl sites for hydroxylation is 1. The smallest absolute Gasteiger partial charge is 0.260 e. The molecule has 3 atom stereocenters. The fourth-order valence-electron chi connectivity index (χ4n) is 2.71. The van der Waals surface area contributed by atoms with Crippen LogP contribution in [0.3, 0.4) is 0 Å². The van der Waals surface area contributed by atoms with Crippen molar-refractivity contribution >= 4 is 15.9 Å². The Bertz CT molecular complexity index is 771. The first-order valence-electron chi connectivity index (χ1n) is 8.59. The zero-order valence-electron chi connectivity index (χ0n) is 14.5. The molecule has 0 unspecified atom stereocenters. The van der Waals surface area contributed by atoms with E-state index in [0.717, 1.165) is 12.8 Å². The molecule has 1 fully saturated rings. The molecule has 144 valence electrons. The van der Waals surface area contributed by atoms with Crippen LogP contribution in [-0.2, 0) is 26.6 Å². The molecule has 9 nitrogen and oxygen atoms in total. The van der Waals surface area contributed by atoms with Gasteiger partial charge in [-0.05, 0) is 18.8 Å². The maximum Gasteiger partial charge on any atom is 0.260 e. The van der Waals surface area contributed by atoms with Crippen molar-refractivity contribution in [3.8, 4) is 0 Å². The van der Waals surface area contributed by atoms with Gasteiger partial charge in [0, 0.05) is 19.8 Å². The highest BCUT2D eigenvalue weighted by molar-refractivity contribution is 7.89. The maximum absolute atomic E-state index is 12.4. The van der Waals surface area contributed by atoms with E-state index in [1.54, 1.807) is 19.2 Å². The third-order valence-electron chi connectivity index (χ3n) is 4.38.